The average Bonchev–Trinajstić information content (AvgIpc) is 3.34. The van der Waals surface area contributed by atoms with E-state index in [4.69, 9.17) is 20.2 Å². The highest BCUT2D eigenvalue weighted by molar-refractivity contribution is 5.78. The molecule has 4 rings (SSSR count). The molecule has 0 spiro atoms. The van der Waals surface area contributed by atoms with Crippen molar-refractivity contribution in [1.29, 1.82) is 0 Å². The molecule has 0 aliphatic heterocycles. The highest BCUT2D eigenvalue weighted by Gasteiger charge is 2.18. The maximum Gasteiger partial charge on any atom is 0.127 e. The second-order valence-corrected chi connectivity index (χ2v) is 10.1. The third-order valence-electron chi connectivity index (χ3n) is 7.23. The summed E-state index contributed by atoms with van der Waals surface area (Å²) in [6.07, 6.45) is 3.91. The Balaban J connectivity index is 1.42. The van der Waals surface area contributed by atoms with E-state index >= 15 is 0 Å². The summed E-state index contributed by atoms with van der Waals surface area (Å²) in [7, 11) is 0. The lowest BCUT2D eigenvalue weighted by Gasteiger charge is -2.17. The van der Waals surface area contributed by atoms with E-state index in [9.17, 15) is 0 Å². The van der Waals surface area contributed by atoms with Crippen molar-refractivity contribution in [2.24, 2.45) is 5.73 Å². The van der Waals surface area contributed by atoms with Gasteiger partial charge in [-0.3, -0.25) is 0 Å². The second kappa shape index (κ2) is 14.7. The number of hydrogen-bond donors (Lipinski definition) is 1. The Bertz CT molecular complexity index is 1270. The molecule has 0 radical (unpaired) electrons. The van der Waals surface area contributed by atoms with Crippen LogP contribution in [0.25, 0.3) is 11.0 Å². The molecule has 39 heavy (non-hydrogen) atoms. The highest BCUT2D eigenvalue weighted by Crippen LogP contribution is 2.27. The van der Waals surface area contributed by atoms with E-state index in [1.54, 1.807) is 0 Å². The minimum Gasteiger partial charge on any atom is -0.493 e. The van der Waals surface area contributed by atoms with E-state index in [2.05, 4.69) is 66.6 Å². The van der Waals surface area contributed by atoms with Crippen LogP contribution in [-0.4, -0.2) is 40.7 Å². The third kappa shape index (κ3) is 8.07. The van der Waals surface area contributed by atoms with Gasteiger partial charge in [-0.2, -0.15) is 0 Å². The Morgan fingerprint density at radius 2 is 1.59 bits per heavy atom. The van der Waals surface area contributed by atoms with Gasteiger partial charge in [0.2, 0.25) is 0 Å². The van der Waals surface area contributed by atoms with Crippen LogP contribution >= 0.6 is 0 Å². The van der Waals surface area contributed by atoms with Crippen molar-refractivity contribution in [3.63, 3.8) is 0 Å². The average molecular weight is 529 g/mol. The zero-order valence-electron chi connectivity index (χ0n) is 23.8. The number of fused-ring (bicyclic) bond motifs is 1. The van der Waals surface area contributed by atoms with Gasteiger partial charge in [0, 0.05) is 19.2 Å². The predicted octanol–water partition coefficient (Wildman–Crippen LogP) is 6.77. The maximum absolute atomic E-state index is 6.78. The van der Waals surface area contributed by atoms with Crippen LogP contribution < -0.4 is 15.2 Å². The van der Waals surface area contributed by atoms with Crippen molar-refractivity contribution < 1.29 is 9.47 Å². The zero-order chi connectivity index (χ0) is 27.5. The van der Waals surface area contributed by atoms with E-state index in [0.717, 1.165) is 79.4 Å². The molecule has 0 unspecified atom stereocenters. The fourth-order valence-corrected chi connectivity index (χ4v) is 4.87. The lowest BCUT2D eigenvalue weighted by molar-refractivity contribution is 0.249. The van der Waals surface area contributed by atoms with Crippen LogP contribution in [0.2, 0.25) is 0 Å². The fraction of sp³-hybridized carbons (Fsp3) is 0.424. The standard InChI is InChI=1S/C33H44N4O2/c1-4-7-21-37-32-24-29(38-22-11-20-36(5-2)6-3)18-19-31(32)35-33(37)30(34)23-26-14-16-28(17-15-26)39-25-27-12-9-8-10-13-27/h8-10,12-19,24,30H,4-7,11,20-23,25,34H2,1-3H3/t30-/m1/s1. The molecule has 4 aromatic rings. The van der Waals surface area contributed by atoms with E-state index < -0.39 is 0 Å². The molecule has 6 heteroatoms. The van der Waals surface area contributed by atoms with Crippen molar-refractivity contribution in [1.82, 2.24) is 14.5 Å². The largest absolute Gasteiger partial charge is 0.493 e. The molecule has 0 fully saturated rings. The van der Waals surface area contributed by atoms with E-state index in [0.29, 0.717) is 19.6 Å². The summed E-state index contributed by atoms with van der Waals surface area (Å²) in [5, 5.41) is 0. The third-order valence-corrected chi connectivity index (χ3v) is 7.23. The van der Waals surface area contributed by atoms with Crippen LogP contribution in [0.5, 0.6) is 11.5 Å². The molecule has 1 aromatic heterocycles. The fourth-order valence-electron chi connectivity index (χ4n) is 4.87. The molecule has 0 saturated carbocycles. The number of ether oxygens (including phenoxy) is 2. The van der Waals surface area contributed by atoms with Crippen LogP contribution in [0.3, 0.4) is 0 Å². The molecule has 2 N–H and O–H groups in total. The van der Waals surface area contributed by atoms with Crippen LogP contribution in [0.4, 0.5) is 0 Å². The molecule has 3 aromatic carbocycles. The minimum atomic E-state index is -0.205. The summed E-state index contributed by atoms with van der Waals surface area (Å²) in [6.45, 7) is 12.0. The zero-order valence-corrected chi connectivity index (χ0v) is 23.8. The van der Waals surface area contributed by atoms with Crippen molar-refractivity contribution in [3.05, 3.63) is 89.7 Å². The molecule has 0 bridgehead atoms. The summed E-state index contributed by atoms with van der Waals surface area (Å²) in [6, 6.07) is 24.5. The number of nitrogens with zero attached hydrogens (tertiary/aromatic N) is 3. The highest BCUT2D eigenvalue weighted by atomic mass is 16.5. The maximum atomic E-state index is 6.78. The van der Waals surface area contributed by atoms with E-state index in [1.165, 1.54) is 5.56 Å². The number of rotatable bonds is 16. The summed E-state index contributed by atoms with van der Waals surface area (Å²) in [5.74, 6) is 2.68. The first kappa shape index (κ1) is 28.7. The molecule has 0 aliphatic carbocycles. The Hall–Kier alpha value is -3.35. The summed E-state index contributed by atoms with van der Waals surface area (Å²) in [5.41, 5.74) is 11.2. The molecule has 0 saturated heterocycles. The van der Waals surface area contributed by atoms with Crippen LogP contribution in [-0.2, 0) is 19.6 Å². The van der Waals surface area contributed by atoms with Crippen molar-refractivity contribution in [2.75, 3.05) is 26.2 Å². The number of benzene rings is 3. The summed E-state index contributed by atoms with van der Waals surface area (Å²) < 4.78 is 14.4. The first-order valence-electron chi connectivity index (χ1n) is 14.5. The number of unbranched alkanes of at least 4 members (excludes halogenated alkanes) is 1. The number of aromatic nitrogens is 2. The van der Waals surface area contributed by atoms with Crippen LogP contribution in [0.1, 0.15) is 63.0 Å². The summed E-state index contributed by atoms with van der Waals surface area (Å²) >= 11 is 0. The first-order valence-corrected chi connectivity index (χ1v) is 14.5. The Labute approximate surface area is 233 Å². The quantitative estimate of drug-likeness (QED) is 0.163. The van der Waals surface area contributed by atoms with Gasteiger partial charge in [0.15, 0.2) is 0 Å². The van der Waals surface area contributed by atoms with Gasteiger partial charge in [-0.25, -0.2) is 4.98 Å². The van der Waals surface area contributed by atoms with Gasteiger partial charge >= 0.3 is 0 Å². The first-order chi connectivity index (χ1) is 19.1. The lowest BCUT2D eigenvalue weighted by Crippen LogP contribution is -2.25. The van der Waals surface area contributed by atoms with E-state index in [-0.39, 0.29) is 6.04 Å². The number of nitrogens with two attached hydrogens (primary N) is 1. The SMILES string of the molecule is CCCCn1c([C@H](N)Cc2ccc(OCc3ccccc3)cc2)nc2ccc(OCCCN(CC)CC)cc21. The van der Waals surface area contributed by atoms with Gasteiger partial charge in [-0.1, -0.05) is 69.7 Å². The van der Waals surface area contributed by atoms with Gasteiger partial charge in [0.05, 0.1) is 23.7 Å². The van der Waals surface area contributed by atoms with Gasteiger partial charge in [-0.15, -0.1) is 0 Å². The van der Waals surface area contributed by atoms with Crippen molar-refractivity contribution >= 4 is 11.0 Å². The lowest BCUT2D eigenvalue weighted by atomic mass is 10.1. The molecular formula is C33H44N4O2. The summed E-state index contributed by atoms with van der Waals surface area (Å²) in [4.78, 5) is 7.40. The van der Waals surface area contributed by atoms with E-state index in [1.807, 2.05) is 36.4 Å². The molecular weight excluding hydrogens is 484 g/mol. The van der Waals surface area contributed by atoms with Gasteiger partial charge < -0.3 is 24.7 Å². The van der Waals surface area contributed by atoms with Crippen molar-refractivity contribution in [2.45, 2.75) is 65.6 Å². The molecule has 1 atom stereocenters. The Morgan fingerprint density at radius 1 is 0.846 bits per heavy atom. The second-order valence-electron chi connectivity index (χ2n) is 10.1. The molecule has 0 amide bonds. The van der Waals surface area contributed by atoms with Gasteiger partial charge in [-0.05, 0) is 67.7 Å². The number of imidazole rings is 1. The Morgan fingerprint density at radius 3 is 2.31 bits per heavy atom. The number of hydrogen-bond acceptors (Lipinski definition) is 5. The normalized spacial score (nSPS) is 12.2. The van der Waals surface area contributed by atoms with Crippen LogP contribution in [0, 0.1) is 0 Å². The predicted molar refractivity (Wildman–Crippen MR) is 160 cm³/mol. The molecule has 6 nitrogen and oxygen atoms in total. The number of aryl methyl sites for hydroxylation is 1. The smallest absolute Gasteiger partial charge is 0.127 e. The molecule has 0 aliphatic rings. The topological polar surface area (TPSA) is 65.5 Å². The van der Waals surface area contributed by atoms with Crippen LogP contribution in [0.15, 0.2) is 72.8 Å². The van der Waals surface area contributed by atoms with Gasteiger partial charge in [0.25, 0.3) is 0 Å². The van der Waals surface area contributed by atoms with Crippen molar-refractivity contribution in [3.8, 4) is 11.5 Å². The Kier molecular flexibility index (Phi) is 10.8. The molecule has 1 heterocycles. The molecule has 208 valence electrons. The minimum absolute atomic E-state index is 0.205. The monoisotopic (exact) mass is 528 g/mol. The van der Waals surface area contributed by atoms with Gasteiger partial charge in [0.1, 0.15) is 23.9 Å².